The molecule has 1 aliphatic heterocycles. The van der Waals surface area contributed by atoms with Crippen LogP contribution in [-0.4, -0.2) is 52.7 Å². The van der Waals surface area contributed by atoms with E-state index in [4.69, 9.17) is 5.73 Å². The van der Waals surface area contributed by atoms with E-state index in [1.165, 1.54) is 11.3 Å². The first-order valence-corrected chi connectivity index (χ1v) is 8.67. The van der Waals surface area contributed by atoms with Crippen LogP contribution in [0.3, 0.4) is 0 Å². The number of aromatic nitrogens is 2. The van der Waals surface area contributed by atoms with E-state index in [0.717, 1.165) is 44.6 Å². The average Bonchev–Trinajstić information content (AvgIpc) is 2.79. The molecule has 1 aliphatic rings. The summed E-state index contributed by atoms with van der Waals surface area (Å²) in [5.74, 6) is -0.218. The van der Waals surface area contributed by atoms with Crippen molar-refractivity contribution in [3.63, 3.8) is 0 Å². The smallest absolute Gasteiger partial charge is 0.234 e. The second-order valence-electron chi connectivity index (χ2n) is 6.68. The van der Waals surface area contributed by atoms with E-state index in [1.54, 1.807) is 0 Å². The number of nitrogens with zero attached hydrogens (tertiary/aromatic N) is 3. The number of hydrogen-bond acceptors (Lipinski definition) is 4. The molecular formula is C17H29N5O2. The van der Waals surface area contributed by atoms with Crippen molar-refractivity contribution in [1.29, 1.82) is 0 Å². The van der Waals surface area contributed by atoms with Crippen molar-refractivity contribution in [2.45, 2.75) is 46.6 Å². The van der Waals surface area contributed by atoms with E-state index in [-0.39, 0.29) is 17.7 Å². The fourth-order valence-corrected chi connectivity index (χ4v) is 3.10. The quantitative estimate of drug-likeness (QED) is 0.710. The number of nitrogens with one attached hydrogen (secondary N) is 1. The second-order valence-corrected chi connectivity index (χ2v) is 6.68. The summed E-state index contributed by atoms with van der Waals surface area (Å²) >= 11 is 0. The molecule has 1 saturated heterocycles. The standard InChI is InChI=1S/C17H29N5O2/c1-12-13(2)20-22(14(12)3)8-4-7-19-16(23)11-21-9-5-15(6-10-21)17(18)24/h15H,4-11H2,1-3H3,(H2,18,24)(H,19,23). The number of carbonyl (C=O) groups is 2. The van der Waals surface area contributed by atoms with E-state index in [2.05, 4.69) is 29.2 Å². The predicted molar refractivity (Wildman–Crippen MR) is 92.4 cm³/mol. The molecule has 0 radical (unpaired) electrons. The Kier molecular flexibility index (Phi) is 6.36. The zero-order chi connectivity index (χ0) is 17.7. The van der Waals surface area contributed by atoms with Gasteiger partial charge in [-0.3, -0.25) is 19.2 Å². The van der Waals surface area contributed by atoms with Gasteiger partial charge in [-0.1, -0.05) is 0 Å². The first kappa shape index (κ1) is 18.4. The second kappa shape index (κ2) is 8.28. The van der Waals surface area contributed by atoms with Gasteiger partial charge in [-0.05, 0) is 58.7 Å². The van der Waals surface area contributed by atoms with Gasteiger partial charge < -0.3 is 11.1 Å². The zero-order valence-corrected chi connectivity index (χ0v) is 15.0. The highest BCUT2D eigenvalue weighted by Crippen LogP contribution is 2.16. The van der Waals surface area contributed by atoms with Gasteiger partial charge in [0.1, 0.15) is 0 Å². The summed E-state index contributed by atoms with van der Waals surface area (Å²) in [6.45, 7) is 9.53. The minimum Gasteiger partial charge on any atom is -0.369 e. The number of likely N-dealkylation sites (tertiary alicyclic amines) is 1. The lowest BCUT2D eigenvalue weighted by molar-refractivity contribution is -0.124. The van der Waals surface area contributed by atoms with Gasteiger partial charge in [0, 0.05) is 24.7 Å². The molecule has 1 aromatic rings. The Morgan fingerprint density at radius 1 is 1.25 bits per heavy atom. The van der Waals surface area contributed by atoms with Gasteiger partial charge in [0.2, 0.25) is 11.8 Å². The number of rotatable bonds is 7. The molecule has 0 bridgehead atoms. The summed E-state index contributed by atoms with van der Waals surface area (Å²) in [4.78, 5) is 25.2. The zero-order valence-electron chi connectivity index (χ0n) is 15.0. The van der Waals surface area contributed by atoms with E-state index >= 15 is 0 Å². The van der Waals surface area contributed by atoms with Crippen LogP contribution in [0.1, 0.15) is 36.2 Å². The highest BCUT2D eigenvalue weighted by Gasteiger charge is 2.23. The fourth-order valence-electron chi connectivity index (χ4n) is 3.10. The van der Waals surface area contributed by atoms with Crippen LogP contribution in [0.4, 0.5) is 0 Å². The summed E-state index contributed by atoms with van der Waals surface area (Å²) in [5.41, 5.74) is 8.81. The number of nitrogens with two attached hydrogens (primary N) is 1. The monoisotopic (exact) mass is 335 g/mol. The number of amides is 2. The van der Waals surface area contributed by atoms with Gasteiger partial charge in [0.15, 0.2) is 0 Å². The third-order valence-electron chi connectivity index (χ3n) is 4.97. The maximum absolute atomic E-state index is 12.0. The molecular weight excluding hydrogens is 306 g/mol. The summed E-state index contributed by atoms with van der Waals surface area (Å²) in [5, 5.41) is 7.46. The van der Waals surface area contributed by atoms with Gasteiger partial charge in [0.25, 0.3) is 0 Å². The Balaban J connectivity index is 1.63. The van der Waals surface area contributed by atoms with Gasteiger partial charge in [-0.25, -0.2) is 0 Å². The van der Waals surface area contributed by atoms with Crippen LogP contribution >= 0.6 is 0 Å². The molecule has 1 fully saturated rings. The Bertz CT molecular complexity index is 588. The fraction of sp³-hybridized carbons (Fsp3) is 0.706. The molecule has 24 heavy (non-hydrogen) atoms. The van der Waals surface area contributed by atoms with Crippen molar-refractivity contribution in [2.75, 3.05) is 26.2 Å². The summed E-state index contributed by atoms with van der Waals surface area (Å²) in [7, 11) is 0. The molecule has 0 aliphatic carbocycles. The highest BCUT2D eigenvalue weighted by molar-refractivity contribution is 5.78. The Labute approximate surface area is 143 Å². The molecule has 7 nitrogen and oxygen atoms in total. The van der Waals surface area contributed by atoms with Crippen LogP contribution in [-0.2, 0) is 16.1 Å². The van der Waals surface area contributed by atoms with Crippen LogP contribution in [0.5, 0.6) is 0 Å². The maximum Gasteiger partial charge on any atom is 0.234 e. The number of carbonyl (C=O) groups excluding carboxylic acids is 2. The molecule has 134 valence electrons. The number of piperidine rings is 1. The van der Waals surface area contributed by atoms with Crippen LogP contribution in [0, 0.1) is 26.7 Å². The molecule has 0 saturated carbocycles. The third kappa shape index (κ3) is 4.80. The van der Waals surface area contributed by atoms with Gasteiger partial charge >= 0.3 is 0 Å². The van der Waals surface area contributed by atoms with Crippen LogP contribution in [0.15, 0.2) is 0 Å². The number of aryl methyl sites for hydroxylation is 2. The molecule has 3 N–H and O–H groups in total. The van der Waals surface area contributed by atoms with Gasteiger partial charge in [0.05, 0.1) is 12.2 Å². The van der Waals surface area contributed by atoms with Crippen molar-refractivity contribution < 1.29 is 9.59 Å². The largest absolute Gasteiger partial charge is 0.369 e. The molecule has 0 aromatic carbocycles. The van der Waals surface area contributed by atoms with Crippen molar-refractivity contribution in [1.82, 2.24) is 20.0 Å². The first-order valence-electron chi connectivity index (χ1n) is 8.67. The number of hydrogen-bond donors (Lipinski definition) is 2. The lowest BCUT2D eigenvalue weighted by Crippen LogP contribution is -2.43. The highest BCUT2D eigenvalue weighted by atomic mass is 16.2. The van der Waals surface area contributed by atoms with Crippen LogP contribution in [0.2, 0.25) is 0 Å². The molecule has 1 aromatic heterocycles. The summed E-state index contributed by atoms with van der Waals surface area (Å²) in [6.07, 6.45) is 2.36. The maximum atomic E-state index is 12.0. The summed E-state index contributed by atoms with van der Waals surface area (Å²) < 4.78 is 2.01. The molecule has 2 heterocycles. The summed E-state index contributed by atoms with van der Waals surface area (Å²) in [6, 6.07) is 0. The first-order chi connectivity index (χ1) is 11.4. The molecule has 7 heteroatoms. The normalized spacial score (nSPS) is 16.3. The molecule has 2 amide bonds. The van der Waals surface area contributed by atoms with E-state index in [1.807, 2.05) is 11.6 Å². The Morgan fingerprint density at radius 3 is 2.46 bits per heavy atom. The molecule has 2 rings (SSSR count). The molecule has 0 atom stereocenters. The lowest BCUT2D eigenvalue weighted by atomic mass is 9.96. The van der Waals surface area contributed by atoms with Crippen molar-refractivity contribution >= 4 is 11.8 Å². The molecule has 0 spiro atoms. The minimum atomic E-state index is -0.224. The minimum absolute atomic E-state index is 0.0338. The third-order valence-corrected chi connectivity index (χ3v) is 4.97. The van der Waals surface area contributed by atoms with Crippen molar-refractivity contribution in [3.8, 4) is 0 Å². The average molecular weight is 335 g/mol. The Hall–Kier alpha value is -1.89. The van der Waals surface area contributed by atoms with E-state index < -0.39 is 0 Å². The predicted octanol–water partition coefficient (Wildman–Crippen LogP) is 0.512. The Morgan fingerprint density at radius 2 is 1.92 bits per heavy atom. The van der Waals surface area contributed by atoms with Gasteiger partial charge in [-0.15, -0.1) is 0 Å². The topological polar surface area (TPSA) is 93.2 Å². The lowest BCUT2D eigenvalue weighted by Gasteiger charge is -2.29. The van der Waals surface area contributed by atoms with Crippen LogP contribution < -0.4 is 11.1 Å². The number of primary amides is 1. The van der Waals surface area contributed by atoms with Crippen molar-refractivity contribution in [3.05, 3.63) is 17.0 Å². The van der Waals surface area contributed by atoms with Crippen LogP contribution in [0.25, 0.3) is 0 Å². The van der Waals surface area contributed by atoms with E-state index in [9.17, 15) is 9.59 Å². The van der Waals surface area contributed by atoms with Crippen molar-refractivity contribution in [2.24, 2.45) is 11.7 Å². The molecule has 0 unspecified atom stereocenters. The van der Waals surface area contributed by atoms with Gasteiger partial charge in [-0.2, -0.15) is 5.10 Å². The SMILES string of the molecule is Cc1nn(CCCNC(=O)CN2CCC(C(N)=O)CC2)c(C)c1C. The van der Waals surface area contributed by atoms with E-state index in [0.29, 0.717) is 13.1 Å².